The lowest BCUT2D eigenvalue weighted by Gasteiger charge is -2.36. The van der Waals surface area contributed by atoms with Crippen LogP contribution in [-0.4, -0.2) is 40.1 Å². The molecular weight excluding hydrogens is 258 g/mol. The van der Waals surface area contributed by atoms with Crippen LogP contribution in [0.4, 0.5) is 4.79 Å². The number of carbonyl (C=O) groups excluding carboxylic acids is 1. The Labute approximate surface area is 117 Å². The van der Waals surface area contributed by atoms with Crippen molar-refractivity contribution in [3.05, 3.63) is 30.1 Å². The highest BCUT2D eigenvalue weighted by molar-refractivity contribution is 5.76. The van der Waals surface area contributed by atoms with E-state index in [1.807, 2.05) is 12.1 Å². The van der Waals surface area contributed by atoms with Gasteiger partial charge in [0.25, 0.3) is 0 Å². The Bertz CT molecular complexity index is 482. The first-order valence-corrected chi connectivity index (χ1v) is 6.66. The Morgan fingerprint density at radius 3 is 2.50 bits per heavy atom. The van der Waals surface area contributed by atoms with E-state index < -0.39 is 11.4 Å². The maximum absolute atomic E-state index is 12.0. The third-order valence-electron chi connectivity index (χ3n) is 3.86. The van der Waals surface area contributed by atoms with Crippen LogP contribution >= 0.6 is 0 Å². The van der Waals surface area contributed by atoms with E-state index in [4.69, 9.17) is 5.11 Å². The highest BCUT2D eigenvalue weighted by Gasteiger charge is 2.37. The van der Waals surface area contributed by atoms with E-state index in [0.717, 1.165) is 5.56 Å². The number of urea groups is 1. The summed E-state index contributed by atoms with van der Waals surface area (Å²) in [6.07, 6.45) is 4.34. The topological polar surface area (TPSA) is 82.5 Å². The van der Waals surface area contributed by atoms with Gasteiger partial charge in [-0.2, -0.15) is 0 Å². The molecule has 6 heteroatoms. The summed E-state index contributed by atoms with van der Waals surface area (Å²) in [7, 11) is 0. The van der Waals surface area contributed by atoms with E-state index in [1.54, 1.807) is 24.2 Å². The van der Waals surface area contributed by atoms with Crippen molar-refractivity contribution < 1.29 is 14.7 Å². The average molecular weight is 277 g/mol. The second kappa shape index (κ2) is 5.90. The molecule has 20 heavy (non-hydrogen) atoms. The van der Waals surface area contributed by atoms with Crippen LogP contribution < -0.4 is 5.32 Å². The molecule has 0 radical (unpaired) electrons. The lowest BCUT2D eigenvalue weighted by atomic mass is 9.80. The summed E-state index contributed by atoms with van der Waals surface area (Å²) in [6.45, 7) is 3.14. The minimum Gasteiger partial charge on any atom is -0.481 e. The van der Waals surface area contributed by atoms with Gasteiger partial charge in [0.15, 0.2) is 0 Å². The predicted molar refractivity (Wildman–Crippen MR) is 73.0 cm³/mol. The van der Waals surface area contributed by atoms with Gasteiger partial charge >= 0.3 is 12.0 Å². The molecule has 108 valence electrons. The monoisotopic (exact) mass is 277 g/mol. The highest BCUT2D eigenvalue weighted by Crippen LogP contribution is 2.30. The smallest absolute Gasteiger partial charge is 0.317 e. The molecule has 2 amide bonds. The molecular formula is C14H19N3O3. The molecule has 0 unspecified atom stereocenters. The molecule has 0 saturated carbocycles. The molecule has 2 rings (SSSR count). The van der Waals surface area contributed by atoms with E-state index in [9.17, 15) is 9.59 Å². The molecule has 0 spiro atoms. The molecule has 1 aromatic rings. The summed E-state index contributed by atoms with van der Waals surface area (Å²) in [6, 6.07) is 3.55. The van der Waals surface area contributed by atoms with Crippen LogP contribution in [0.1, 0.15) is 25.3 Å². The van der Waals surface area contributed by atoms with E-state index in [0.29, 0.717) is 32.5 Å². The quantitative estimate of drug-likeness (QED) is 0.876. The van der Waals surface area contributed by atoms with Crippen molar-refractivity contribution in [3.63, 3.8) is 0 Å². The van der Waals surface area contributed by atoms with Crippen LogP contribution in [0.3, 0.4) is 0 Å². The normalized spacial score (nSPS) is 17.6. The summed E-state index contributed by atoms with van der Waals surface area (Å²) in [4.78, 5) is 28.7. The first-order valence-electron chi connectivity index (χ1n) is 6.66. The lowest BCUT2D eigenvalue weighted by molar-refractivity contribution is -0.150. The van der Waals surface area contributed by atoms with E-state index in [1.165, 1.54) is 0 Å². The summed E-state index contributed by atoms with van der Waals surface area (Å²) in [5, 5.41) is 12.0. The lowest BCUT2D eigenvalue weighted by Crippen LogP contribution is -2.48. The SMILES string of the molecule is CC1(C(=O)O)CCN(C(=O)NCc2ccncc2)CC1. The van der Waals surface area contributed by atoms with Crippen molar-refractivity contribution in [1.82, 2.24) is 15.2 Å². The first kappa shape index (κ1) is 14.3. The zero-order valence-corrected chi connectivity index (χ0v) is 11.5. The number of aromatic nitrogens is 1. The standard InChI is InChI=1S/C14H19N3O3/c1-14(12(18)19)4-8-17(9-5-14)13(20)16-10-11-2-6-15-7-3-11/h2-3,6-7H,4-5,8-10H2,1H3,(H,16,20)(H,18,19). The molecule has 1 aliphatic rings. The molecule has 0 aromatic carbocycles. The number of amides is 2. The summed E-state index contributed by atoms with van der Waals surface area (Å²) >= 11 is 0. The molecule has 1 aliphatic heterocycles. The zero-order valence-electron chi connectivity index (χ0n) is 11.5. The van der Waals surface area contributed by atoms with Crippen LogP contribution in [-0.2, 0) is 11.3 Å². The third kappa shape index (κ3) is 3.26. The van der Waals surface area contributed by atoms with Gasteiger partial charge in [-0.15, -0.1) is 0 Å². The fourth-order valence-electron chi connectivity index (χ4n) is 2.21. The molecule has 0 aliphatic carbocycles. The van der Waals surface area contributed by atoms with Crippen LogP contribution in [0.2, 0.25) is 0 Å². The number of hydrogen-bond donors (Lipinski definition) is 2. The van der Waals surface area contributed by atoms with Gasteiger partial charge in [-0.25, -0.2) is 4.79 Å². The maximum Gasteiger partial charge on any atom is 0.317 e. The Morgan fingerprint density at radius 2 is 1.95 bits per heavy atom. The molecule has 2 heterocycles. The maximum atomic E-state index is 12.0. The van der Waals surface area contributed by atoms with Crippen molar-refractivity contribution in [1.29, 1.82) is 0 Å². The van der Waals surface area contributed by atoms with Crippen LogP contribution in [0.15, 0.2) is 24.5 Å². The van der Waals surface area contributed by atoms with Gasteiger partial charge in [0.05, 0.1) is 5.41 Å². The fraction of sp³-hybridized carbons (Fsp3) is 0.500. The number of likely N-dealkylation sites (tertiary alicyclic amines) is 1. The fourth-order valence-corrected chi connectivity index (χ4v) is 2.21. The Balaban J connectivity index is 1.82. The van der Waals surface area contributed by atoms with E-state index in [2.05, 4.69) is 10.3 Å². The van der Waals surface area contributed by atoms with Gasteiger partial charge in [0.2, 0.25) is 0 Å². The number of piperidine rings is 1. The molecule has 0 bridgehead atoms. The van der Waals surface area contributed by atoms with Crippen LogP contribution in [0, 0.1) is 5.41 Å². The molecule has 2 N–H and O–H groups in total. The first-order chi connectivity index (χ1) is 9.51. The highest BCUT2D eigenvalue weighted by atomic mass is 16.4. The second-order valence-corrected chi connectivity index (χ2v) is 5.37. The van der Waals surface area contributed by atoms with Crippen molar-refractivity contribution in [2.45, 2.75) is 26.3 Å². The number of hydrogen-bond acceptors (Lipinski definition) is 3. The number of carbonyl (C=O) groups is 2. The van der Waals surface area contributed by atoms with Gasteiger partial charge in [0, 0.05) is 32.0 Å². The van der Waals surface area contributed by atoms with Gasteiger partial charge in [-0.3, -0.25) is 9.78 Å². The van der Waals surface area contributed by atoms with Crippen LogP contribution in [0.5, 0.6) is 0 Å². The van der Waals surface area contributed by atoms with Gasteiger partial charge in [-0.05, 0) is 37.5 Å². The average Bonchev–Trinajstić information content (AvgIpc) is 2.46. The van der Waals surface area contributed by atoms with Crippen molar-refractivity contribution in [2.24, 2.45) is 5.41 Å². The summed E-state index contributed by atoms with van der Waals surface area (Å²) < 4.78 is 0. The van der Waals surface area contributed by atoms with Crippen molar-refractivity contribution in [3.8, 4) is 0 Å². The third-order valence-corrected chi connectivity index (χ3v) is 3.86. The number of carboxylic acid groups (broad SMARTS) is 1. The molecule has 1 saturated heterocycles. The van der Waals surface area contributed by atoms with Crippen LogP contribution in [0.25, 0.3) is 0 Å². The Hall–Kier alpha value is -2.11. The Morgan fingerprint density at radius 1 is 1.35 bits per heavy atom. The largest absolute Gasteiger partial charge is 0.481 e. The number of nitrogens with zero attached hydrogens (tertiary/aromatic N) is 2. The number of carboxylic acids is 1. The Kier molecular flexibility index (Phi) is 4.22. The number of nitrogens with one attached hydrogen (secondary N) is 1. The summed E-state index contributed by atoms with van der Waals surface area (Å²) in [5.41, 5.74) is 0.280. The van der Waals surface area contributed by atoms with Gasteiger partial charge < -0.3 is 15.3 Å². The van der Waals surface area contributed by atoms with E-state index >= 15 is 0 Å². The predicted octanol–water partition coefficient (Wildman–Crippen LogP) is 1.48. The minimum absolute atomic E-state index is 0.144. The van der Waals surface area contributed by atoms with Crippen molar-refractivity contribution >= 4 is 12.0 Å². The molecule has 6 nitrogen and oxygen atoms in total. The zero-order chi connectivity index (χ0) is 14.6. The molecule has 0 atom stereocenters. The number of aliphatic carboxylic acids is 1. The second-order valence-electron chi connectivity index (χ2n) is 5.37. The van der Waals surface area contributed by atoms with Gasteiger partial charge in [-0.1, -0.05) is 0 Å². The van der Waals surface area contributed by atoms with Crippen molar-refractivity contribution in [2.75, 3.05) is 13.1 Å². The number of rotatable bonds is 3. The van der Waals surface area contributed by atoms with E-state index in [-0.39, 0.29) is 6.03 Å². The van der Waals surface area contributed by atoms with Gasteiger partial charge in [0.1, 0.15) is 0 Å². The minimum atomic E-state index is -0.783. The molecule has 1 fully saturated rings. The number of pyridine rings is 1. The summed E-state index contributed by atoms with van der Waals surface area (Å²) in [5.74, 6) is -0.783. The molecule has 1 aromatic heterocycles.